The number of ether oxygens (including phenoxy) is 1. The summed E-state index contributed by atoms with van der Waals surface area (Å²) in [7, 11) is 1.62. The number of nitrogens with zero attached hydrogens (tertiary/aromatic N) is 2. The highest BCUT2D eigenvalue weighted by Crippen LogP contribution is 2.17. The molecule has 1 aliphatic heterocycles. The zero-order valence-electron chi connectivity index (χ0n) is 17.4. The number of hydrogen-bond acceptors (Lipinski definition) is 4. The van der Waals surface area contributed by atoms with E-state index in [-0.39, 0.29) is 17.9 Å². The maximum Gasteiger partial charge on any atom is 0.237 e. The first kappa shape index (κ1) is 22.1. The number of amides is 2. The van der Waals surface area contributed by atoms with E-state index in [0.717, 1.165) is 16.9 Å². The van der Waals surface area contributed by atoms with Crippen LogP contribution in [0.4, 0.5) is 0 Å². The highest BCUT2D eigenvalue weighted by atomic mass is 35.5. The number of carbonyl (C=O) groups excluding carboxylic acids is 2. The fraction of sp³-hybridized carbons (Fsp3) is 0.391. The topological polar surface area (TPSA) is 61.9 Å². The molecule has 0 aliphatic carbocycles. The van der Waals surface area contributed by atoms with E-state index >= 15 is 0 Å². The number of rotatable bonds is 7. The zero-order chi connectivity index (χ0) is 21.5. The Morgan fingerprint density at radius 3 is 2.53 bits per heavy atom. The van der Waals surface area contributed by atoms with Gasteiger partial charge in [-0.3, -0.25) is 14.5 Å². The molecule has 2 amide bonds. The van der Waals surface area contributed by atoms with E-state index in [0.29, 0.717) is 44.2 Å². The minimum atomic E-state index is -0.253. The van der Waals surface area contributed by atoms with Crippen molar-refractivity contribution in [3.8, 4) is 5.75 Å². The van der Waals surface area contributed by atoms with Crippen LogP contribution in [-0.2, 0) is 22.6 Å². The molecule has 160 valence electrons. The summed E-state index contributed by atoms with van der Waals surface area (Å²) < 4.78 is 5.22. The van der Waals surface area contributed by atoms with Crippen LogP contribution in [0.25, 0.3) is 0 Å². The molecule has 0 radical (unpaired) electrons. The number of hydrogen-bond donors (Lipinski definition) is 1. The second-order valence-electron chi connectivity index (χ2n) is 7.43. The van der Waals surface area contributed by atoms with Crippen molar-refractivity contribution in [2.24, 2.45) is 0 Å². The van der Waals surface area contributed by atoms with Gasteiger partial charge in [0.05, 0.1) is 19.6 Å². The summed E-state index contributed by atoms with van der Waals surface area (Å²) in [5.41, 5.74) is 1.83. The molecule has 0 aromatic heterocycles. The van der Waals surface area contributed by atoms with Crippen molar-refractivity contribution >= 4 is 23.4 Å². The Kier molecular flexibility index (Phi) is 7.71. The van der Waals surface area contributed by atoms with E-state index in [9.17, 15) is 9.59 Å². The van der Waals surface area contributed by atoms with Gasteiger partial charge in [-0.25, -0.2) is 0 Å². The molecule has 1 atom stereocenters. The number of piperazine rings is 1. The van der Waals surface area contributed by atoms with Gasteiger partial charge in [0, 0.05) is 37.7 Å². The summed E-state index contributed by atoms with van der Waals surface area (Å²) in [4.78, 5) is 29.1. The van der Waals surface area contributed by atoms with Gasteiger partial charge in [-0.1, -0.05) is 41.9 Å². The third-order valence-electron chi connectivity index (χ3n) is 5.49. The Morgan fingerprint density at radius 2 is 1.83 bits per heavy atom. The van der Waals surface area contributed by atoms with Gasteiger partial charge in [-0.2, -0.15) is 0 Å². The molecule has 0 saturated carbocycles. The van der Waals surface area contributed by atoms with Crippen molar-refractivity contribution in [3.63, 3.8) is 0 Å². The number of methoxy groups -OCH3 is 1. The van der Waals surface area contributed by atoms with E-state index in [1.807, 2.05) is 54.3 Å². The lowest BCUT2D eigenvalue weighted by atomic mass is 10.1. The second-order valence-corrected chi connectivity index (χ2v) is 7.84. The van der Waals surface area contributed by atoms with E-state index in [2.05, 4.69) is 10.2 Å². The van der Waals surface area contributed by atoms with Crippen LogP contribution in [0.15, 0.2) is 48.5 Å². The summed E-state index contributed by atoms with van der Waals surface area (Å²) in [5, 5.41) is 3.61. The Labute approximate surface area is 182 Å². The lowest BCUT2D eigenvalue weighted by Crippen LogP contribution is -2.55. The molecule has 7 heteroatoms. The zero-order valence-corrected chi connectivity index (χ0v) is 18.2. The molecule has 1 fully saturated rings. The molecule has 6 nitrogen and oxygen atoms in total. The third-order valence-corrected chi connectivity index (χ3v) is 5.86. The van der Waals surface area contributed by atoms with Gasteiger partial charge < -0.3 is 15.0 Å². The van der Waals surface area contributed by atoms with Crippen molar-refractivity contribution in [2.75, 3.05) is 33.3 Å². The summed E-state index contributed by atoms with van der Waals surface area (Å²) >= 11 is 6.17. The number of benzene rings is 2. The molecular weight excluding hydrogens is 402 g/mol. The van der Waals surface area contributed by atoms with Crippen LogP contribution < -0.4 is 10.1 Å². The summed E-state index contributed by atoms with van der Waals surface area (Å²) in [5.74, 6) is 0.818. The highest BCUT2D eigenvalue weighted by Gasteiger charge is 2.27. The highest BCUT2D eigenvalue weighted by molar-refractivity contribution is 6.31. The van der Waals surface area contributed by atoms with Gasteiger partial charge >= 0.3 is 0 Å². The maximum absolute atomic E-state index is 12.6. The van der Waals surface area contributed by atoms with Crippen molar-refractivity contribution in [1.29, 1.82) is 0 Å². The fourth-order valence-electron chi connectivity index (χ4n) is 3.56. The molecule has 0 spiro atoms. The maximum atomic E-state index is 12.6. The molecule has 2 aromatic rings. The Hall–Kier alpha value is -2.57. The SMILES string of the molecule is COc1cccc(CNC(=O)C(C)N2CCN(C(=O)Cc3ccccc3Cl)CC2)c1. The quantitative estimate of drug-likeness (QED) is 0.735. The van der Waals surface area contributed by atoms with E-state index < -0.39 is 0 Å². The van der Waals surface area contributed by atoms with Crippen LogP contribution in [0.3, 0.4) is 0 Å². The lowest BCUT2D eigenvalue weighted by molar-refractivity contribution is -0.133. The number of halogens is 1. The molecular formula is C23H28ClN3O3. The van der Waals surface area contributed by atoms with Crippen LogP contribution in [0.1, 0.15) is 18.1 Å². The normalized spacial score (nSPS) is 15.5. The molecule has 1 aliphatic rings. The predicted octanol–water partition coefficient (Wildman–Crippen LogP) is 2.74. The monoisotopic (exact) mass is 429 g/mol. The van der Waals surface area contributed by atoms with Gasteiger partial charge in [0.1, 0.15) is 5.75 Å². The Bertz CT molecular complexity index is 882. The standard InChI is InChI=1S/C23H28ClN3O3/c1-17(23(29)25-16-18-6-5-8-20(14-18)30-2)26-10-12-27(13-11-26)22(28)15-19-7-3-4-9-21(19)24/h3-9,14,17H,10-13,15-16H2,1-2H3,(H,25,29). The van der Waals surface area contributed by atoms with Crippen molar-refractivity contribution in [1.82, 2.24) is 15.1 Å². The first-order valence-electron chi connectivity index (χ1n) is 10.1. The van der Waals surface area contributed by atoms with Gasteiger partial charge in [0.25, 0.3) is 0 Å². The van der Waals surface area contributed by atoms with Crippen molar-refractivity contribution < 1.29 is 14.3 Å². The van der Waals surface area contributed by atoms with Crippen molar-refractivity contribution in [2.45, 2.75) is 25.9 Å². The van der Waals surface area contributed by atoms with Gasteiger partial charge in [-0.15, -0.1) is 0 Å². The molecule has 2 aromatic carbocycles. The van der Waals surface area contributed by atoms with Crippen molar-refractivity contribution in [3.05, 3.63) is 64.7 Å². The Morgan fingerprint density at radius 1 is 1.10 bits per heavy atom. The van der Waals surface area contributed by atoms with E-state index in [1.165, 1.54) is 0 Å². The second kappa shape index (κ2) is 10.5. The molecule has 1 heterocycles. The summed E-state index contributed by atoms with van der Waals surface area (Å²) in [6.07, 6.45) is 0.302. The van der Waals surface area contributed by atoms with Crippen LogP contribution in [-0.4, -0.2) is 60.9 Å². The largest absolute Gasteiger partial charge is 0.497 e. The molecule has 1 unspecified atom stereocenters. The predicted molar refractivity (Wildman–Crippen MR) is 118 cm³/mol. The minimum absolute atomic E-state index is 0.0198. The van der Waals surface area contributed by atoms with Crippen LogP contribution in [0.2, 0.25) is 5.02 Å². The summed E-state index contributed by atoms with van der Waals surface area (Å²) in [6.45, 7) is 4.91. The molecule has 1 N–H and O–H groups in total. The van der Waals surface area contributed by atoms with E-state index in [1.54, 1.807) is 13.2 Å². The third kappa shape index (κ3) is 5.74. The van der Waals surface area contributed by atoms with E-state index in [4.69, 9.17) is 16.3 Å². The fourth-order valence-corrected chi connectivity index (χ4v) is 3.76. The van der Waals surface area contributed by atoms with Gasteiger partial charge in [-0.05, 0) is 36.2 Å². The minimum Gasteiger partial charge on any atom is -0.497 e. The molecule has 3 rings (SSSR count). The average molecular weight is 430 g/mol. The Balaban J connectivity index is 1.46. The summed E-state index contributed by atoms with van der Waals surface area (Å²) in [6, 6.07) is 14.8. The van der Waals surface area contributed by atoms with Crippen LogP contribution in [0, 0.1) is 0 Å². The van der Waals surface area contributed by atoms with Crippen LogP contribution in [0.5, 0.6) is 5.75 Å². The molecule has 30 heavy (non-hydrogen) atoms. The van der Waals surface area contributed by atoms with Gasteiger partial charge in [0.2, 0.25) is 11.8 Å². The molecule has 0 bridgehead atoms. The first-order chi connectivity index (χ1) is 14.5. The van der Waals surface area contributed by atoms with Crippen LogP contribution >= 0.6 is 11.6 Å². The number of nitrogens with one attached hydrogen (secondary N) is 1. The average Bonchev–Trinajstić information content (AvgIpc) is 2.78. The smallest absolute Gasteiger partial charge is 0.237 e. The number of carbonyl (C=O) groups is 2. The van der Waals surface area contributed by atoms with Gasteiger partial charge in [0.15, 0.2) is 0 Å². The molecule has 1 saturated heterocycles. The first-order valence-corrected chi connectivity index (χ1v) is 10.5. The lowest BCUT2D eigenvalue weighted by Gasteiger charge is -2.37.